The molecular formula is C18H17ClN4OS. The molecule has 5 nitrogen and oxygen atoms in total. The van der Waals surface area contributed by atoms with Crippen molar-refractivity contribution in [1.82, 2.24) is 9.97 Å². The molecule has 128 valence electrons. The van der Waals surface area contributed by atoms with Crippen LogP contribution in [0.4, 0.5) is 5.82 Å². The Hall–Kier alpha value is -2.18. The lowest BCUT2D eigenvalue weighted by molar-refractivity contribution is -0.122. The average molecular weight is 373 g/mol. The number of benzene rings is 1. The highest BCUT2D eigenvalue weighted by Crippen LogP contribution is 2.39. The Morgan fingerprint density at radius 3 is 2.84 bits per heavy atom. The van der Waals surface area contributed by atoms with Crippen molar-refractivity contribution in [3.05, 3.63) is 41.0 Å². The summed E-state index contributed by atoms with van der Waals surface area (Å²) in [6.07, 6.45) is 1.73. The predicted octanol–water partition coefficient (Wildman–Crippen LogP) is 3.71. The third-order valence-electron chi connectivity index (χ3n) is 4.60. The van der Waals surface area contributed by atoms with Crippen molar-refractivity contribution in [1.29, 1.82) is 0 Å². The summed E-state index contributed by atoms with van der Waals surface area (Å²) in [4.78, 5) is 23.5. The number of amides is 1. The van der Waals surface area contributed by atoms with E-state index < -0.39 is 0 Å². The topological polar surface area (TPSA) is 72.1 Å². The minimum absolute atomic E-state index is 0.156. The van der Waals surface area contributed by atoms with E-state index in [0.717, 1.165) is 46.5 Å². The molecule has 4 rings (SSSR count). The summed E-state index contributed by atoms with van der Waals surface area (Å²) in [6.45, 7) is 1.40. The van der Waals surface area contributed by atoms with E-state index in [1.807, 2.05) is 18.2 Å². The molecule has 1 amide bonds. The third kappa shape index (κ3) is 3.07. The van der Waals surface area contributed by atoms with E-state index in [-0.39, 0.29) is 17.1 Å². The maximum atomic E-state index is 11.6. The van der Waals surface area contributed by atoms with Gasteiger partial charge in [-0.25, -0.2) is 4.98 Å². The highest BCUT2D eigenvalue weighted by molar-refractivity contribution is 7.17. The van der Waals surface area contributed by atoms with Crippen LogP contribution in [0.2, 0.25) is 5.28 Å². The normalized spacial score (nSPS) is 17.8. The lowest BCUT2D eigenvalue weighted by atomic mass is 9.97. The first-order valence-electron chi connectivity index (χ1n) is 8.18. The molecule has 3 aromatic rings. The quantitative estimate of drug-likeness (QED) is 0.711. The number of anilines is 1. The number of fused-ring (bicyclic) bond motifs is 1. The van der Waals surface area contributed by atoms with Crippen molar-refractivity contribution in [2.24, 2.45) is 11.7 Å². The fourth-order valence-corrected chi connectivity index (χ4v) is 4.52. The van der Waals surface area contributed by atoms with Crippen molar-refractivity contribution < 1.29 is 4.79 Å². The molecule has 0 bridgehead atoms. The molecule has 0 aliphatic carbocycles. The number of halogens is 1. The molecule has 3 heterocycles. The van der Waals surface area contributed by atoms with Crippen LogP contribution < -0.4 is 10.6 Å². The molecule has 1 aliphatic heterocycles. The first-order valence-corrected chi connectivity index (χ1v) is 9.43. The van der Waals surface area contributed by atoms with Crippen LogP contribution in [0.5, 0.6) is 0 Å². The van der Waals surface area contributed by atoms with Crippen LogP contribution in [-0.2, 0) is 4.79 Å². The van der Waals surface area contributed by atoms with Gasteiger partial charge in [0.2, 0.25) is 11.2 Å². The van der Waals surface area contributed by atoms with E-state index in [1.165, 1.54) is 0 Å². The van der Waals surface area contributed by atoms with Gasteiger partial charge in [0.05, 0.1) is 11.3 Å². The number of hydrogen-bond acceptors (Lipinski definition) is 5. The highest BCUT2D eigenvalue weighted by atomic mass is 35.5. The highest BCUT2D eigenvalue weighted by Gasteiger charge is 2.27. The number of nitrogens with zero attached hydrogens (tertiary/aromatic N) is 3. The number of rotatable bonds is 3. The Kier molecular flexibility index (Phi) is 4.31. The Labute approximate surface area is 154 Å². The van der Waals surface area contributed by atoms with E-state index in [2.05, 4.69) is 32.4 Å². The lowest BCUT2D eigenvalue weighted by Crippen LogP contribution is -2.41. The van der Waals surface area contributed by atoms with E-state index in [9.17, 15) is 4.79 Å². The number of piperidine rings is 1. The number of thiophene rings is 1. The van der Waals surface area contributed by atoms with Crippen LogP contribution in [0.15, 0.2) is 35.7 Å². The van der Waals surface area contributed by atoms with Gasteiger partial charge in [-0.15, -0.1) is 11.3 Å². The molecule has 0 saturated carbocycles. The molecule has 1 unspecified atom stereocenters. The van der Waals surface area contributed by atoms with Crippen molar-refractivity contribution in [2.45, 2.75) is 12.8 Å². The number of nitrogens with two attached hydrogens (primary N) is 1. The molecule has 1 fully saturated rings. The molecule has 0 radical (unpaired) electrons. The zero-order valence-electron chi connectivity index (χ0n) is 13.5. The SMILES string of the molecule is NC(=O)C1CCCN(c2nc(Cl)nc3scc(-c4ccccc4)c23)C1. The van der Waals surface area contributed by atoms with Crippen LogP contribution in [0.3, 0.4) is 0 Å². The average Bonchev–Trinajstić information content (AvgIpc) is 3.05. The van der Waals surface area contributed by atoms with Crippen LogP contribution in [0, 0.1) is 5.92 Å². The third-order valence-corrected chi connectivity index (χ3v) is 5.64. The standard InChI is InChI=1S/C18H17ClN4OS/c19-18-21-16(23-8-4-7-12(9-23)15(20)24)14-13(10-25-17(14)22-18)11-5-2-1-3-6-11/h1-3,5-6,10,12H,4,7-9H2,(H2,20,24). The predicted molar refractivity (Wildman–Crippen MR) is 102 cm³/mol. The molecule has 7 heteroatoms. The van der Waals surface area contributed by atoms with Crippen LogP contribution >= 0.6 is 22.9 Å². The summed E-state index contributed by atoms with van der Waals surface area (Å²) in [5.74, 6) is 0.382. The molecular weight excluding hydrogens is 356 g/mol. The zero-order valence-corrected chi connectivity index (χ0v) is 15.1. The largest absolute Gasteiger partial charge is 0.369 e. The summed E-state index contributed by atoms with van der Waals surface area (Å²) >= 11 is 7.72. The van der Waals surface area contributed by atoms with Gasteiger partial charge in [-0.2, -0.15) is 4.98 Å². The van der Waals surface area contributed by atoms with Gasteiger partial charge in [0.15, 0.2) is 0 Å². The molecule has 1 aliphatic rings. The Morgan fingerprint density at radius 1 is 1.28 bits per heavy atom. The van der Waals surface area contributed by atoms with Crippen LogP contribution in [0.25, 0.3) is 21.3 Å². The van der Waals surface area contributed by atoms with Gasteiger partial charge in [0.1, 0.15) is 10.6 Å². The first kappa shape index (κ1) is 16.3. The summed E-state index contributed by atoms with van der Waals surface area (Å²) in [7, 11) is 0. The van der Waals surface area contributed by atoms with Gasteiger partial charge in [-0.05, 0) is 30.0 Å². The summed E-state index contributed by atoms with van der Waals surface area (Å²) in [6, 6.07) is 10.2. The van der Waals surface area contributed by atoms with Gasteiger partial charge in [0, 0.05) is 24.0 Å². The second-order valence-corrected chi connectivity index (χ2v) is 7.40. The molecule has 2 aromatic heterocycles. The van der Waals surface area contributed by atoms with Crippen molar-refractivity contribution in [3.63, 3.8) is 0 Å². The Balaban J connectivity index is 1.85. The molecule has 1 atom stereocenters. The number of carbonyl (C=O) groups excluding carboxylic acids is 1. The minimum Gasteiger partial charge on any atom is -0.369 e. The monoisotopic (exact) mass is 372 g/mol. The Morgan fingerprint density at radius 2 is 2.08 bits per heavy atom. The van der Waals surface area contributed by atoms with Crippen molar-refractivity contribution in [3.8, 4) is 11.1 Å². The van der Waals surface area contributed by atoms with Gasteiger partial charge in [-0.1, -0.05) is 30.3 Å². The number of carbonyl (C=O) groups is 1. The van der Waals surface area contributed by atoms with E-state index >= 15 is 0 Å². The summed E-state index contributed by atoms with van der Waals surface area (Å²) < 4.78 is 0. The number of primary amides is 1. The van der Waals surface area contributed by atoms with Crippen LogP contribution in [0.1, 0.15) is 12.8 Å². The van der Waals surface area contributed by atoms with E-state index in [1.54, 1.807) is 11.3 Å². The second kappa shape index (κ2) is 6.61. The van der Waals surface area contributed by atoms with Crippen molar-refractivity contribution in [2.75, 3.05) is 18.0 Å². The molecule has 2 N–H and O–H groups in total. The van der Waals surface area contributed by atoms with Gasteiger partial charge in [0.25, 0.3) is 0 Å². The fraction of sp³-hybridized carbons (Fsp3) is 0.278. The Bertz CT molecular complexity index is 927. The first-order chi connectivity index (χ1) is 12.1. The molecule has 25 heavy (non-hydrogen) atoms. The van der Waals surface area contributed by atoms with Gasteiger partial charge >= 0.3 is 0 Å². The second-order valence-electron chi connectivity index (χ2n) is 6.20. The maximum Gasteiger partial charge on any atom is 0.225 e. The van der Waals surface area contributed by atoms with Gasteiger partial charge < -0.3 is 10.6 Å². The number of aromatic nitrogens is 2. The van der Waals surface area contributed by atoms with E-state index in [4.69, 9.17) is 17.3 Å². The maximum absolute atomic E-state index is 11.6. The molecule has 1 saturated heterocycles. The fourth-order valence-electron chi connectivity index (χ4n) is 3.36. The van der Waals surface area contributed by atoms with E-state index in [0.29, 0.717) is 6.54 Å². The molecule has 0 spiro atoms. The van der Waals surface area contributed by atoms with Gasteiger partial charge in [-0.3, -0.25) is 4.79 Å². The summed E-state index contributed by atoms with van der Waals surface area (Å²) in [5, 5.41) is 3.31. The lowest BCUT2D eigenvalue weighted by Gasteiger charge is -2.32. The number of hydrogen-bond donors (Lipinski definition) is 1. The minimum atomic E-state index is -0.255. The summed E-state index contributed by atoms with van der Waals surface area (Å²) in [5.41, 5.74) is 7.73. The molecule has 1 aromatic carbocycles. The van der Waals surface area contributed by atoms with Crippen molar-refractivity contribution >= 4 is 44.9 Å². The zero-order chi connectivity index (χ0) is 17.4. The smallest absolute Gasteiger partial charge is 0.225 e. The van der Waals surface area contributed by atoms with Crippen LogP contribution in [-0.4, -0.2) is 29.0 Å².